The Labute approximate surface area is 171 Å². The van der Waals surface area contributed by atoms with Gasteiger partial charge in [-0.25, -0.2) is 17.2 Å². The number of aliphatic hydroxyl groups excluding tert-OH is 1. The van der Waals surface area contributed by atoms with E-state index in [1.54, 1.807) is 0 Å². The molecule has 2 aromatic carbocycles. The van der Waals surface area contributed by atoms with Crippen molar-refractivity contribution in [2.24, 2.45) is 5.92 Å². The molecule has 0 saturated heterocycles. The zero-order valence-corrected chi connectivity index (χ0v) is 16.8. The van der Waals surface area contributed by atoms with Crippen LogP contribution in [0.15, 0.2) is 41.3 Å². The first-order chi connectivity index (χ1) is 13.6. The predicted molar refractivity (Wildman–Crippen MR) is 102 cm³/mol. The Hall–Kier alpha value is -1.74. The maximum atomic E-state index is 15.0. The van der Waals surface area contributed by atoms with Gasteiger partial charge in [-0.1, -0.05) is 11.6 Å². The Bertz CT molecular complexity index is 1060. The van der Waals surface area contributed by atoms with E-state index in [0.717, 1.165) is 12.1 Å². The Kier molecular flexibility index (Phi) is 4.89. The normalized spacial score (nSPS) is 28.9. The zero-order valence-electron chi connectivity index (χ0n) is 15.2. The van der Waals surface area contributed by atoms with Crippen LogP contribution in [0, 0.1) is 17.6 Å². The lowest BCUT2D eigenvalue weighted by molar-refractivity contribution is -0.0785. The van der Waals surface area contributed by atoms with Gasteiger partial charge in [0.05, 0.1) is 29.3 Å². The number of ether oxygens (including phenoxy) is 1. The van der Waals surface area contributed by atoms with E-state index in [-0.39, 0.29) is 36.3 Å². The fourth-order valence-corrected chi connectivity index (χ4v) is 7.04. The molecule has 1 aliphatic heterocycles. The van der Waals surface area contributed by atoms with Crippen molar-refractivity contribution in [1.29, 1.82) is 0 Å². The van der Waals surface area contributed by atoms with Crippen LogP contribution in [0.25, 0.3) is 0 Å². The first-order valence-corrected chi connectivity index (χ1v) is 11.0. The van der Waals surface area contributed by atoms with Crippen molar-refractivity contribution in [3.63, 3.8) is 0 Å². The average molecular weight is 445 g/mol. The van der Waals surface area contributed by atoms with Gasteiger partial charge in [-0.15, -0.1) is 0 Å². The van der Waals surface area contributed by atoms with Crippen molar-refractivity contribution in [3.05, 3.63) is 58.6 Å². The first-order valence-electron chi connectivity index (χ1n) is 9.09. The van der Waals surface area contributed by atoms with Gasteiger partial charge in [0.2, 0.25) is 0 Å². The SMILES string of the molecule is O=S(=O)(c1ccc(Cl)cc1)C12CC[C@@](O)(CO)C[C@@H]1COc1c(F)ccc(F)c12. The van der Waals surface area contributed by atoms with Crippen LogP contribution in [0.1, 0.15) is 24.8 Å². The van der Waals surface area contributed by atoms with Gasteiger partial charge in [0, 0.05) is 10.9 Å². The van der Waals surface area contributed by atoms with Gasteiger partial charge < -0.3 is 14.9 Å². The summed E-state index contributed by atoms with van der Waals surface area (Å²) in [7, 11) is -4.25. The Morgan fingerprint density at radius 1 is 1.10 bits per heavy atom. The van der Waals surface area contributed by atoms with Gasteiger partial charge in [0.25, 0.3) is 0 Å². The van der Waals surface area contributed by atoms with Crippen molar-refractivity contribution in [2.45, 2.75) is 34.5 Å². The number of halogens is 3. The van der Waals surface area contributed by atoms with Crippen molar-refractivity contribution >= 4 is 21.4 Å². The lowest BCUT2D eigenvalue weighted by Crippen LogP contribution is -2.57. The molecule has 1 saturated carbocycles. The minimum atomic E-state index is -4.25. The smallest absolute Gasteiger partial charge is 0.188 e. The number of hydrogen-bond donors (Lipinski definition) is 2. The Balaban J connectivity index is 2.00. The molecule has 1 heterocycles. The quantitative estimate of drug-likeness (QED) is 0.759. The van der Waals surface area contributed by atoms with E-state index >= 15 is 4.39 Å². The van der Waals surface area contributed by atoms with E-state index in [1.807, 2.05) is 0 Å². The molecule has 2 aliphatic rings. The molecule has 0 spiro atoms. The Morgan fingerprint density at radius 2 is 1.76 bits per heavy atom. The van der Waals surface area contributed by atoms with Gasteiger partial charge in [-0.3, -0.25) is 0 Å². The molecule has 9 heteroatoms. The van der Waals surface area contributed by atoms with E-state index in [4.69, 9.17) is 16.3 Å². The van der Waals surface area contributed by atoms with Crippen LogP contribution < -0.4 is 4.74 Å². The highest BCUT2D eigenvalue weighted by Crippen LogP contribution is 2.58. The molecule has 1 unspecified atom stereocenters. The van der Waals surface area contributed by atoms with Gasteiger partial charge >= 0.3 is 0 Å². The Morgan fingerprint density at radius 3 is 2.41 bits per heavy atom. The summed E-state index contributed by atoms with van der Waals surface area (Å²) in [6.07, 6.45) is -0.426. The van der Waals surface area contributed by atoms with E-state index in [9.17, 15) is 23.0 Å². The molecule has 0 radical (unpaired) electrons. The molecular weight excluding hydrogens is 426 g/mol. The van der Waals surface area contributed by atoms with Crippen molar-refractivity contribution in [3.8, 4) is 5.75 Å². The highest BCUT2D eigenvalue weighted by atomic mass is 35.5. The van der Waals surface area contributed by atoms with E-state index in [1.165, 1.54) is 24.3 Å². The summed E-state index contributed by atoms with van der Waals surface area (Å²) >= 11 is 5.88. The lowest BCUT2D eigenvalue weighted by atomic mass is 9.67. The van der Waals surface area contributed by atoms with Crippen LogP contribution in [-0.4, -0.2) is 37.4 Å². The molecule has 1 fully saturated rings. The minimum absolute atomic E-state index is 0.0853. The number of fused-ring (bicyclic) bond motifs is 3. The molecule has 5 nitrogen and oxygen atoms in total. The highest BCUT2D eigenvalue weighted by Gasteiger charge is 2.61. The second kappa shape index (κ2) is 6.91. The van der Waals surface area contributed by atoms with Crippen LogP contribution in [0.5, 0.6) is 5.75 Å². The third-order valence-electron chi connectivity index (χ3n) is 6.06. The van der Waals surface area contributed by atoms with Gasteiger partial charge in [-0.2, -0.15) is 0 Å². The highest BCUT2D eigenvalue weighted by molar-refractivity contribution is 7.92. The van der Waals surface area contributed by atoms with Gasteiger partial charge in [0.1, 0.15) is 10.6 Å². The summed E-state index contributed by atoms with van der Waals surface area (Å²) in [6, 6.07) is 7.24. The fraction of sp³-hybridized carbons (Fsp3) is 0.400. The minimum Gasteiger partial charge on any atom is -0.490 e. The molecule has 0 amide bonds. The second-order valence-electron chi connectivity index (χ2n) is 7.67. The maximum absolute atomic E-state index is 15.0. The second-order valence-corrected chi connectivity index (χ2v) is 10.3. The van der Waals surface area contributed by atoms with E-state index in [0.29, 0.717) is 5.02 Å². The van der Waals surface area contributed by atoms with Crippen LogP contribution in [0.2, 0.25) is 5.02 Å². The van der Waals surface area contributed by atoms with Crippen LogP contribution in [-0.2, 0) is 14.6 Å². The average Bonchev–Trinajstić information content (AvgIpc) is 2.70. The van der Waals surface area contributed by atoms with Crippen LogP contribution in [0.4, 0.5) is 8.78 Å². The molecule has 2 aromatic rings. The summed E-state index contributed by atoms with van der Waals surface area (Å²) in [5.41, 5.74) is -1.88. The van der Waals surface area contributed by atoms with Crippen LogP contribution in [0.3, 0.4) is 0 Å². The predicted octanol–water partition coefficient (Wildman–Crippen LogP) is 3.20. The molecule has 29 heavy (non-hydrogen) atoms. The summed E-state index contributed by atoms with van der Waals surface area (Å²) in [6.45, 7) is -0.804. The zero-order chi connectivity index (χ0) is 21.0. The molecule has 0 aromatic heterocycles. The fourth-order valence-electron chi connectivity index (χ4n) is 4.58. The van der Waals surface area contributed by atoms with Gasteiger partial charge in [0.15, 0.2) is 21.4 Å². The number of hydrogen-bond acceptors (Lipinski definition) is 5. The lowest BCUT2D eigenvalue weighted by Gasteiger charge is -2.51. The van der Waals surface area contributed by atoms with E-state index in [2.05, 4.69) is 0 Å². The molecule has 3 atom stereocenters. The number of rotatable bonds is 3. The van der Waals surface area contributed by atoms with Gasteiger partial charge in [-0.05, 0) is 55.7 Å². The van der Waals surface area contributed by atoms with Crippen molar-refractivity contribution in [2.75, 3.05) is 13.2 Å². The van der Waals surface area contributed by atoms with E-state index < -0.39 is 50.1 Å². The molecule has 2 N–H and O–H groups in total. The number of sulfone groups is 1. The first kappa shape index (κ1) is 20.5. The molecule has 156 valence electrons. The summed E-state index contributed by atoms with van der Waals surface area (Å²) in [5, 5.41) is 20.5. The van der Waals surface area contributed by atoms with Crippen molar-refractivity contribution < 1.29 is 32.1 Å². The maximum Gasteiger partial charge on any atom is 0.188 e. The largest absolute Gasteiger partial charge is 0.490 e. The number of aliphatic hydroxyl groups is 2. The summed E-state index contributed by atoms with van der Waals surface area (Å²) < 4.78 is 60.7. The molecule has 1 aliphatic carbocycles. The molecule has 4 rings (SSSR count). The third-order valence-corrected chi connectivity index (χ3v) is 8.90. The topological polar surface area (TPSA) is 83.8 Å². The number of benzene rings is 2. The summed E-state index contributed by atoms with van der Waals surface area (Å²) in [4.78, 5) is -0.0853. The molecular formula is C20H19ClF2O5S. The summed E-state index contributed by atoms with van der Waals surface area (Å²) in [5.74, 6) is -3.06. The monoisotopic (exact) mass is 444 g/mol. The standard InChI is InChI=1S/C20H19ClF2O5S/c21-13-1-3-14(4-2-13)29(26,27)20-8-7-19(25,11-24)9-12(20)10-28-18-16(23)6-5-15(22)17(18)20/h1-6,12,24-25H,7-11H2/t12-,19+,20?/m1/s1. The van der Waals surface area contributed by atoms with Crippen LogP contribution >= 0.6 is 11.6 Å². The third kappa shape index (κ3) is 2.96. The molecule has 0 bridgehead atoms. The van der Waals surface area contributed by atoms with Crippen molar-refractivity contribution in [1.82, 2.24) is 0 Å².